The maximum Gasteiger partial charge on any atom is 0.191 e. The van der Waals surface area contributed by atoms with Crippen LogP contribution in [0.5, 0.6) is 0 Å². The number of hydrogen-bond donors (Lipinski definition) is 0. The Morgan fingerprint density at radius 3 is 2.75 bits per heavy atom. The van der Waals surface area contributed by atoms with Gasteiger partial charge in [0.25, 0.3) is 0 Å². The molecule has 0 amide bonds. The molecule has 0 saturated carbocycles. The summed E-state index contributed by atoms with van der Waals surface area (Å²) in [5.74, 6) is 0. The fourth-order valence-electron chi connectivity index (χ4n) is 0.950. The van der Waals surface area contributed by atoms with Gasteiger partial charge >= 0.3 is 0 Å². The number of rotatable bonds is 0. The van der Waals surface area contributed by atoms with E-state index >= 15 is 0 Å². The topological polar surface area (TPSA) is 25.8 Å². The Kier molecular flexibility index (Phi) is 3.22. The third-order valence-corrected chi connectivity index (χ3v) is 1.98. The van der Waals surface area contributed by atoms with Gasteiger partial charge in [-0.2, -0.15) is 0 Å². The lowest BCUT2D eigenvalue weighted by Gasteiger charge is -1.94. The van der Waals surface area contributed by atoms with Crippen LogP contribution < -0.4 is 0 Å². The summed E-state index contributed by atoms with van der Waals surface area (Å²) >= 11 is 2.11. The second-order valence-electron chi connectivity index (χ2n) is 2.20. The fourth-order valence-corrected chi connectivity index (χ4v) is 1.35. The van der Waals surface area contributed by atoms with Crippen LogP contribution in [0.15, 0.2) is 30.5 Å². The summed E-state index contributed by atoms with van der Waals surface area (Å²) in [6.07, 6.45) is 1.84. The number of halogens is 2. The average Bonchev–Trinajstić information content (AvgIpc) is 2.04. The molecule has 12 heavy (non-hydrogen) atoms. The SMILES string of the molecule is Cl.Ic1ncc2ccccc2n1. The van der Waals surface area contributed by atoms with E-state index in [4.69, 9.17) is 0 Å². The molecule has 0 aliphatic carbocycles. The van der Waals surface area contributed by atoms with Gasteiger partial charge in [0.05, 0.1) is 5.52 Å². The summed E-state index contributed by atoms with van der Waals surface area (Å²) in [5, 5.41) is 1.09. The van der Waals surface area contributed by atoms with Gasteiger partial charge in [0.2, 0.25) is 0 Å². The monoisotopic (exact) mass is 292 g/mol. The lowest BCUT2D eigenvalue weighted by molar-refractivity contribution is 1.15. The van der Waals surface area contributed by atoms with Crippen LogP contribution in [0.4, 0.5) is 0 Å². The summed E-state index contributed by atoms with van der Waals surface area (Å²) < 4.78 is 0.793. The number of fused-ring (bicyclic) bond motifs is 1. The Morgan fingerprint density at radius 2 is 1.92 bits per heavy atom. The van der Waals surface area contributed by atoms with Crippen LogP contribution in [0.25, 0.3) is 10.9 Å². The Labute approximate surface area is 90.0 Å². The molecule has 2 rings (SSSR count). The molecular formula is C8H6ClIN2. The molecule has 0 aliphatic heterocycles. The van der Waals surface area contributed by atoms with Gasteiger partial charge < -0.3 is 0 Å². The summed E-state index contributed by atoms with van der Waals surface area (Å²) in [5.41, 5.74) is 1.01. The minimum atomic E-state index is 0. The zero-order chi connectivity index (χ0) is 7.68. The van der Waals surface area contributed by atoms with E-state index in [-0.39, 0.29) is 12.4 Å². The van der Waals surface area contributed by atoms with Crippen molar-refractivity contribution < 1.29 is 0 Å². The van der Waals surface area contributed by atoms with Crippen molar-refractivity contribution in [2.45, 2.75) is 0 Å². The predicted molar refractivity (Wildman–Crippen MR) is 59.5 cm³/mol. The van der Waals surface area contributed by atoms with E-state index in [0.717, 1.165) is 14.7 Å². The Balaban J connectivity index is 0.000000720. The number of hydrogen-bond acceptors (Lipinski definition) is 2. The lowest BCUT2D eigenvalue weighted by Crippen LogP contribution is -1.85. The van der Waals surface area contributed by atoms with Gasteiger partial charge in [-0.1, -0.05) is 18.2 Å². The van der Waals surface area contributed by atoms with Crippen molar-refractivity contribution in [3.63, 3.8) is 0 Å². The average molecular weight is 293 g/mol. The van der Waals surface area contributed by atoms with Gasteiger partial charge in [0.1, 0.15) is 0 Å². The maximum atomic E-state index is 4.25. The molecule has 2 aromatic rings. The van der Waals surface area contributed by atoms with Gasteiger partial charge in [-0.05, 0) is 6.07 Å². The second kappa shape index (κ2) is 4.00. The normalized spacial score (nSPS) is 9.42. The standard InChI is InChI=1S/C8H5IN2.ClH/c9-8-10-5-6-3-1-2-4-7(6)11-8;/h1-5H;1H. The highest BCUT2D eigenvalue weighted by atomic mass is 127. The highest BCUT2D eigenvalue weighted by Crippen LogP contribution is 2.09. The van der Waals surface area contributed by atoms with E-state index < -0.39 is 0 Å². The van der Waals surface area contributed by atoms with E-state index in [1.807, 2.05) is 30.5 Å². The third-order valence-electron chi connectivity index (χ3n) is 1.46. The molecule has 1 aromatic carbocycles. The first-order valence-electron chi connectivity index (χ1n) is 3.23. The van der Waals surface area contributed by atoms with Crippen molar-refractivity contribution in [2.75, 3.05) is 0 Å². The van der Waals surface area contributed by atoms with Crippen LogP contribution in [0.2, 0.25) is 0 Å². The summed E-state index contributed by atoms with van der Waals surface area (Å²) in [6, 6.07) is 7.95. The molecule has 62 valence electrons. The van der Waals surface area contributed by atoms with Crippen molar-refractivity contribution in [3.8, 4) is 0 Å². The van der Waals surface area contributed by atoms with E-state index in [9.17, 15) is 0 Å². The Morgan fingerprint density at radius 1 is 1.17 bits per heavy atom. The van der Waals surface area contributed by atoms with Crippen molar-refractivity contribution in [1.82, 2.24) is 9.97 Å². The molecule has 0 atom stereocenters. The first-order chi connectivity index (χ1) is 5.36. The molecule has 0 radical (unpaired) electrons. The zero-order valence-electron chi connectivity index (χ0n) is 6.07. The lowest BCUT2D eigenvalue weighted by atomic mass is 10.2. The minimum absolute atomic E-state index is 0. The molecule has 0 N–H and O–H groups in total. The molecule has 1 aromatic heterocycles. The zero-order valence-corrected chi connectivity index (χ0v) is 9.04. The molecule has 0 saturated heterocycles. The molecule has 4 heteroatoms. The Hall–Kier alpha value is -0.420. The number of aromatic nitrogens is 2. The van der Waals surface area contributed by atoms with Crippen LogP contribution in [0.3, 0.4) is 0 Å². The summed E-state index contributed by atoms with van der Waals surface area (Å²) in [7, 11) is 0. The van der Waals surface area contributed by atoms with Gasteiger partial charge in [-0.15, -0.1) is 12.4 Å². The third kappa shape index (κ3) is 1.84. The minimum Gasteiger partial charge on any atom is -0.231 e. The van der Waals surface area contributed by atoms with Gasteiger partial charge in [0.15, 0.2) is 3.83 Å². The van der Waals surface area contributed by atoms with E-state index in [1.54, 1.807) is 0 Å². The predicted octanol–water partition coefficient (Wildman–Crippen LogP) is 2.66. The largest absolute Gasteiger partial charge is 0.231 e. The fraction of sp³-hybridized carbons (Fsp3) is 0. The number of para-hydroxylation sites is 1. The van der Waals surface area contributed by atoms with Gasteiger partial charge in [0, 0.05) is 34.2 Å². The molecule has 2 nitrogen and oxygen atoms in total. The highest BCUT2D eigenvalue weighted by Gasteiger charge is 1.93. The molecule has 0 fully saturated rings. The maximum absolute atomic E-state index is 4.25. The summed E-state index contributed by atoms with van der Waals surface area (Å²) in [4.78, 5) is 8.33. The first kappa shape index (κ1) is 9.67. The van der Waals surface area contributed by atoms with Crippen molar-refractivity contribution in [1.29, 1.82) is 0 Å². The molecule has 0 bridgehead atoms. The number of benzene rings is 1. The summed E-state index contributed by atoms with van der Waals surface area (Å²) in [6.45, 7) is 0. The van der Waals surface area contributed by atoms with E-state index in [0.29, 0.717) is 0 Å². The van der Waals surface area contributed by atoms with E-state index in [1.165, 1.54) is 0 Å². The van der Waals surface area contributed by atoms with Crippen molar-refractivity contribution in [3.05, 3.63) is 34.3 Å². The Bertz CT molecular complexity index is 391. The van der Waals surface area contributed by atoms with Gasteiger partial charge in [-0.3, -0.25) is 0 Å². The molecular weight excluding hydrogens is 286 g/mol. The second-order valence-corrected chi connectivity index (χ2v) is 3.16. The smallest absolute Gasteiger partial charge is 0.191 e. The molecule has 0 unspecified atom stereocenters. The quantitative estimate of drug-likeness (QED) is 0.551. The molecule has 0 aliphatic rings. The van der Waals surface area contributed by atoms with Crippen molar-refractivity contribution in [2.24, 2.45) is 0 Å². The van der Waals surface area contributed by atoms with Gasteiger partial charge in [-0.25, -0.2) is 9.97 Å². The van der Waals surface area contributed by atoms with Crippen LogP contribution in [-0.4, -0.2) is 9.97 Å². The van der Waals surface area contributed by atoms with Crippen LogP contribution in [0, 0.1) is 3.83 Å². The first-order valence-corrected chi connectivity index (χ1v) is 4.31. The van der Waals surface area contributed by atoms with Crippen LogP contribution in [0.1, 0.15) is 0 Å². The molecule has 0 spiro atoms. The van der Waals surface area contributed by atoms with Crippen LogP contribution in [-0.2, 0) is 0 Å². The van der Waals surface area contributed by atoms with E-state index in [2.05, 4.69) is 32.6 Å². The van der Waals surface area contributed by atoms with Crippen LogP contribution >= 0.6 is 35.0 Å². The molecule has 1 heterocycles. The number of nitrogens with zero attached hydrogens (tertiary/aromatic N) is 2. The highest BCUT2D eigenvalue weighted by molar-refractivity contribution is 14.1. The van der Waals surface area contributed by atoms with Crippen molar-refractivity contribution >= 4 is 45.9 Å².